The third-order valence-corrected chi connectivity index (χ3v) is 6.50. The Labute approximate surface area is 152 Å². The second kappa shape index (κ2) is 7.27. The van der Waals surface area contributed by atoms with E-state index in [0.29, 0.717) is 12.3 Å². The summed E-state index contributed by atoms with van der Waals surface area (Å²) in [7, 11) is 0. The van der Waals surface area contributed by atoms with Crippen LogP contribution in [0, 0.1) is 5.92 Å². The number of piperidine rings is 2. The second-order valence-electron chi connectivity index (χ2n) is 7.16. The minimum absolute atomic E-state index is 0.156. The minimum Gasteiger partial charge on any atom is -0.347 e. The summed E-state index contributed by atoms with van der Waals surface area (Å²) in [5.74, 6) is 0.656. The Morgan fingerprint density at radius 3 is 2.32 bits per heavy atom. The average Bonchev–Trinajstić information content (AvgIpc) is 3.34. The molecule has 8 heteroatoms. The van der Waals surface area contributed by atoms with Crippen molar-refractivity contribution >= 4 is 33.4 Å². The van der Waals surface area contributed by atoms with E-state index in [1.54, 1.807) is 4.90 Å². The maximum atomic E-state index is 12.5. The Kier molecular flexibility index (Phi) is 4.87. The van der Waals surface area contributed by atoms with E-state index in [-0.39, 0.29) is 11.8 Å². The zero-order valence-electron chi connectivity index (χ0n) is 14.5. The van der Waals surface area contributed by atoms with Gasteiger partial charge in [-0.1, -0.05) is 11.3 Å². The van der Waals surface area contributed by atoms with Gasteiger partial charge >= 0.3 is 0 Å². The number of anilines is 2. The summed E-state index contributed by atoms with van der Waals surface area (Å²) >= 11 is 1.50. The zero-order valence-corrected chi connectivity index (χ0v) is 15.3. The minimum atomic E-state index is 0.156. The predicted molar refractivity (Wildman–Crippen MR) is 96.9 cm³/mol. The lowest BCUT2D eigenvalue weighted by Crippen LogP contribution is -2.41. The van der Waals surface area contributed by atoms with Crippen LogP contribution in [0.3, 0.4) is 0 Å². The van der Waals surface area contributed by atoms with Crippen molar-refractivity contribution in [2.45, 2.75) is 44.9 Å². The van der Waals surface area contributed by atoms with Crippen LogP contribution >= 0.6 is 11.3 Å². The molecular formula is C17H25N5O2S. The van der Waals surface area contributed by atoms with Crippen molar-refractivity contribution in [2.75, 3.05) is 42.5 Å². The first-order valence-electron chi connectivity index (χ1n) is 9.40. The molecule has 1 aromatic rings. The van der Waals surface area contributed by atoms with Gasteiger partial charge in [0, 0.05) is 45.1 Å². The molecule has 136 valence electrons. The standard InChI is InChI=1S/C17H25N5O2S/c23-14-5-1-2-10-22(14)17-19-18-16(25-17)21-11-6-13(7-12-21)15(24)20-8-3-4-9-20/h13H,1-12H2. The Morgan fingerprint density at radius 2 is 1.60 bits per heavy atom. The summed E-state index contributed by atoms with van der Waals surface area (Å²) in [5, 5.41) is 10.1. The lowest BCUT2D eigenvalue weighted by molar-refractivity contribution is -0.135. The van der Waals surface area contributed by atoms with Gasteiger partial charge in [0.2, 0.25) is 22.1 Å². The molecule has 3 aliphatic rings. The van der Waals surface area contributed by atoms with Crippen molar-refractivity contribution in [3.8, 4) is 0 Å². The molecule has 3 aliphatic heterocycles. The molecule has 25 heavy (non-hydrogen) atoms. The average molecular weight is 363 g/mol. The molecule has 4 heterocycles. The van der Waals surface area contributed by atoms with Crippen molar-refractivity contribution in [1.29, 1.82) is 0 Å². The lowest BCUT2D eigenvalue weighted by Gasteiger charge is -2.32. The van der Waals surface area contributed by atoms with Crippen molar-refractivity contribution < 1.29 is 9.59 Å². The topological polar surface area (TPSA) is 69.6 Å². The van der Waals surface area contributed by atoms with E-state index in [2.05, 4.69) is 15.1 Å². The van der Waals surface area contributed by atoms with Crippen LogP contribution in [0.5, 0.6) is 0 Å². The first kappa shape index (κ1) is 16.8. The molecule has 0 atom stereocenters. The van der Waals surface area contributed by atoms with Crippen molar-refractivity contribution in [3.63, 3.8) is 0 Å². The van der Waals surface area contributed by atoms with E-state index in [4.69, 9.17) is 0 Å². The van der Waals surface area contributed by atoms with E-state index in [9.17, 15) is 9.59 Å². The van der Waals surface area contributed by atoms with E-state index in [0.717, 1.165) is 81.5 Å². The summed E-state index contributed by atoms with van der Waals surface area (Å²) < 4.78 is 0. The summed E-state index contributed by atoms with van der Waals surface area (Å²) in [5.41, 5.74) is 0. The molecule has 7 nitrogen and oxygen atoms in total. The maximum Gasteiger partial charge on any atom is 0.228 e. The molecule has 0 unspecified atom stereocenters. The first-order chi connectivity index (χ1) is 12.2. The number of aromatic nitrogens is 2. The molecule has 0 aromatic carbocycles. The number of carbonyl (C=O) groups excluding carboxylic acids is 2. The number of nitrogens with zero attached hydrogens (tertiary/aromatic N) is 5. The highest BCUT2D eigenvalue weighted by atomic mass is 32.1. The lowest BCUT2D eigenvalue weighted by atomic mass is 9.95. The van der Waals surface area contributed by atoms with Crippen molar-refractivity contribution in [1.82, 2.24) is 15.1 Å². The summed E-state index contributed by atoms with van der Waals surface area (Å²) in [6.45, 7) is 4.30. The van der Waals surface area contributed by atoms with Crippen LogP contribution in [0.2, 0.25) is 0 Å². The van der Waals surface area contributed by atoms with Gasteiger partial charge in [0.15, 0.2) is 0 Å². The van der Waals surface area contributed by atoms with Gasteiger partial charge in [0.05, 0.1) is 0 Å². The summed E-state index contributed by atoms with van der Waals surface area (Å²) in [6, 6.07) is 0. The van der Waals surface area contributed by atoms with Gasteiger partial charge in [-0.3, -0.25) is 14.5 Å². The Hall–Kier alpha value is -1.70. The molecule has 2 amide bonds. The van der Waals surface area contributed by atoms with E-state index in [1.807, 2.05) is 4.90 Å². The third-order valence-electron chi connectivity index (χ3n) is 5.49. The van der Waals surface area contributed by atoms with Gasteiger partial charge in [-0.2, -0.15) is 0 Å². The fourth-order valence-corrected chi connectivity index (χ4v) is 4.91. The molecule has 0 saturated carbocycles. The van der Waals surface area contributed by atoms with Crippen LogP contribution in [0.15, 0.2) is 0 Å². The largest absolute Gasteiger partial charge is 0.347 e. The molecule has 3 fully saturated rings. The van der Waals surface area contributed by atoms with Gasteiger partial charge in [0.1, 0.15) is 0 Å². The summed E-state index contributed by atoms with van der Waals surface area (Å²) in [6.07, 6.45) is 6.67. The fourth-order valence-electron chi connectivity index (χ4n) is 3.97. The summed E-state index contributed by atoms with van der Waals surface area (Å²) in [4.78, 5) is 30.6. The van der Waals surface area contributed by atoms with E-state index >= 15 is 0 Å². The SMILES string of the molecule is O=C(C1CCN(c2nnc(N3CCCCC3=O)s2)CC1)N1CCCC1. The van der Waals surface area contributed by atoms with Crippen molar-refractivity contribution in [3.05, 3.63) is 0 Å². The normalized spacial score (nSPS) is 22.7. The van der Waals surface area contributed by atoms with Crippen LogP contribution < -0.4 is 9.80 Å². The number of hydrogen-bond acceptors (Lipinski definition) is 6. The number of hydrogen-bond donors (Lipinski definition) is 0. The molecule has 3 saturated heterocycles. The Bertz CT molecular complexity index is 635. The molecule has 0 spiro atoms. The quantitative estimate of drug-likeness (QED) is 0.820. The van der Waals surface area contributed by atoms with Crippen LogP contribution in [-0.2, 0) is 9.59 Å². The molecule has 4 rings (SSSR count). The van der Waals surface area contributed by atoms with Gasteiger partial charge in [0.25, 0.3) is 0 Å². The molecule has 0 aliphatic carbocycles. The number of rotatable bonds is 3. The molecule has 0 N–H and O–H groups in total. The van der Waals surface area contributed by atoms with Crippen LogP contribution in [0.4, 0.5) is 10.3 Å². The van der Waals surface area contributed by atoms with Gasteiger partial charge in [-0.15, -0.1) is 10.2 Å². The Morgan fingerprint density at radius 1 is 0.920 bits per heavy atom. The molecule has 1 aromatic heterocycles. The zero-order chi connectivity index (χ0) is 17.2. The van der Waals surface area contributed by atoms with Gasteiger partial charge in [-0.05, 0) is 38.5 Å². The van der Waals surface area contributed by atoms with E-state index < -0.39 is 0 Å². The second-order valence-corrected chi connectivity index (χ2v) is 8.10. The monoisotopic (exact) mass is 363 g/mol. The number of likely N-dealkylation sites (tertiary alicyclic amines) is 1. The highest BCUT2D eigenvalue weighted by Crippen LogP contribution is 2.32. The van der Waals surface area contributed by atoms with Crippen LogP contribution in [0.1, 0.15) is 44.9 Å². The third kappa shape index (κ3) is 3.49. The highest BCUT2D eigenvalue weighted by Gasteiger charge is 2.31. The van der Waals surface area contributed by atoms with Crippen molar-refractivity contribution in [2.24, 2.45) is 5.92 Å². The fraction of sp³-hybridized carbons (Fsp3) is 0.765. The Balaban J connectivity index is 1.35. The van der Waals surface area contributed by atoms with Crippen LogP contribution in [-0.4, -0.2) is 59.6 Å². The molecular weight excluding hydrogens is 338 g/mol. The van der Waals surface area contributed by atoms with E-state index in [1.165, 1.54) is 11.3 Å². The highest BCUT2D eigenvalue weighted by molar-refractivity contribution is 7.19. The smallest absolute Gasteiger partial charge is 0.228 e. The first-order valence-corrected chi connectivity index (χ1v) is 10.2. The van der Waals surface area contributed by atoms with Crippen LogP contribution in [0.25, 0.3) is 0 Å². The molecule has 0 radical (unpaired) electrons. The molecule has 0 bridgehead atoms. The van der Waals surface area contributed by atoms with Gasteiger partial charge in [-0.25, -0.2) is 0 Å². The van der Waals surface area contributed by atoms with Gasteiger partial charge < -0.3 is 9.80 Å². The number of carbonyl (C=O) groups is 2. The maximum absolute atomic E-state index is 12.5. The number of amides is 2. The predicted octanol–water partition coefficient (Wildman–Crippen LogP) is 1.89.